The average Bonchev–Trinajstić information content (AvgIpc) is 2.68. The highest BCUT2D eigenvalue weighted by Crippen LogP contribution is 2.28. The largest absolute Gasteiger partial charge is 0.462 e. The van der Waals surface area contributed by atoms with Crippen LogP contribution >= 0.6 is 0 Å². The van der Waals surface area contributed by atoms with Crippen molar-refractivity contribution >= 4 is 22.8 Å². The lowest BCUT2D eigenvalue weighted by atomic mass is 10.1. The number of hydrogen-bond acceptors (Lipinski definition) is 6. The van der Waals surface area contributed by atoms with Gasteiger partial charge in [0, 0.05) is 13.1 Å². The van der Waals surface area contributed by atoms with Crippen LogP contribution in [0, 0.1) is 11.3 Å². The van der Waals surface area contributed by atoms with Gasteiger partial charge in [-0.25, -0.2) is 9.97 Å². The molecule has 28 heavy (non-hydrogen) atoms. The molecule has 2 rings (SSSR count). The molecule has 0 aliphatic heterocycles. The molecule has 6 nitrogen and oxygen atoms in total. The van der Waals surface area contributed by atoms with Gasteiger partial charge in [0.2, 0.25) is 0 Å². The van der Waals surface area contributed by atoms with Gasteiger partial charge in [-0.15, -0.1) is 0 Å². The van der Waals surface area contributed by atoms with Crippen LogP contribution in [-0.4, -0.2) is 35.1 Å². The summed E-state index contributed by atoms with van der Waals surface area (Å²) in [6.45, 7) is 9.45. The van der Waals surface area contributed by atoms with Gasteiger partial charge < -0.3 is 9.64 Å². The second-order valence-electron chi connectivity index (χ2n) is 7.16. The minimum atomic E-state index is -1.10. The number of fused-ring (bicyclic) bond motifs is 1. The van der Waals surface area contributed by atoms with Crippen LogP contribution in [0.3, 0.4) is 0 Å². The minimum Gasteiger partial charge on any atom is -0.462 e. The molecule has 0 spiro atoms. The third kappa shape index (κ3) is 5.41. The lowest BCUT2D eigenvalue weighted by Crippen LogP contribution is -2.30. The van der Waals surface area contributed by atoms with E-state index in [9.17, 15) is 10.1 Å². The van der Waals surface area contributed by atoms with E-state index in [1.807, 2.05) is 24.3 Å². The van der Waals surface area contributed by atoms with Crippen molar-refractivity contribution in [3.05, 3.63) is 30.0 Å². The zero-order valence-electron chi connectivity index (χ0n) is 17.3. The van der Waals surface area contributed by atoms with Gasteiger partial charge in [-0.05, 0) is 38.8 Å². The van der Waals surface area contributed by atoms with Gasteiger partial charge in [-0.2, -0.15) is 5.26 Å². The first-order valence-corrected chi connectivity index (χ1v) is 10.1. The number of carbonyl (C=O) groups is 1. The van der Waals surface area contributed by atoms with Crippen molar-refractivity contribution in [2.24, 2.45) is 0 Å². The fourth-order valence-corrected chi connectivity index (χ4v) is 2.98. The first-order chi connectivity index (χ1) is 13.5. The molecule has 0 fully saturated rings. The number of para-hydroxylation sites is 2. The van der Waals surface area contributed by atoms with E-state index < -0.39 is 11.9 Å². The van der Waals surface area contributed by atoms with E-state index in [2.05, 4.69) is 29.8 Å². The van der Waals surface area contributed by atoms with Crippen LogP contribution in [0.1, 0.15) is 65.0 Å². The predicted molar refractivity (Wildman–Crippen MR) is 111 cm³/mol. The lowest BCUT2D eigenvalue weighted by molar-refractivity contribution is -0.147. The number of hydrogen-bond donors (Lipinski definition) is 0. The zero-order chi connectivity index (χ0) is 20.5. The van der Waals surface area contributed by atoms with Gasteiger partial charge in [0.15, 0.2) is 11.7 Å². The summed E-state index contributed by atoms with van der Waals surface area (Å²) in [6, 6.07) is 9.63. The Balaban J connectivity index is 2.58. The minimum absolute atomic E-state index is 0.295. The standard InChI is InChI=1S/C22H30N4O2/c1-5-7-13-26(14-8-6-2)21-20(17(15-23)22(27)28-16(3)4)24-18-11-9-10-12-19(18)25-21/h9-12,16-17H,5-8,13-14H2,1-4H3/t17-/m0/s1. The van der Waals surface area contributed by atoms with E-state index >= 15 is 0 Å². The molecule has 0 bridgehead atoms. The van der Waals surface area contributed by atoms with E-state index in [0.29, 0.717) is 17.0 Å². The Morgan fingerprint density at radius 3 is 2.18 bits per heavy atom. The summed E-state index contributed by atoms with van der Waals surface area (Å²) in [6.07, 6.45) is 3.82. The molecule has 0 unspecified atom stereocenters. The topological polar surface area (TPSA) is 79.1 Å². The smallest absolute Gasteiger partial charge is 0.329 e. The molecule has 0 aliphatic rings. The number of carbonyl (C=O) groups excluding carboxylic acids is 1. The highest BCUT2D eigenvalue weighted by molar-refractivity contribution is 5.85. The Bertz CT molecular complexity index is 821. The highest BCUT2D eigenvalue weighted by Gasteiger charge is 2.30. The summed E-state index contributed by atoms with van der Waals surface area (Å²) in [5.41, 5.74) is 1.82. The molecule has 1 atom stereocenters. The van der Waals surface area contributed by atoms with Gasteiger partial charge >= 0.3 is 5.97 Å². The molecule has 0 saturated heterocycles. The summed E-state index contributed by atoms with van der Waals surface area (Å²) in [7, 11) is 0. The van der Waals surface area contributed by atoms with Gasteiger partial charge in [0.1, 0.15) is 5.69 Å². The Kier molecular flexibility index (Phi) is 8.19. The number of aromatic nitrogens is 2. The van der Waals surface area contributed by atoms with Gasteiger partial charge in [-0.1, -0.05) is 38.8 Å². The van der Waals surface area contributed by atoms with Crippen LogP contribution < -0.4 is 4.90 Å². The van der Waals surface area contributed by atoms with Crippen molar-refractivity contribution in [1.29, 1.82) is 5.26 Å². The molecule has 0 amide bonds. The molecule has 0 radical (unpaired) electrons. The molecule has 6 heteroatoms. The number of unbranched alkanes of at least 4 members (excludes halogenated alkanes) is 2. The summed E-state index contributed by atoms with van der Waals surface area (Å²) in [4.78, 5) is 24.3. The van der Waals surface area contributed by atoms with E-state index in [1.165, 1.54) is 0 Å². The lowest BCUT2D eigenvalue weighted by Gasteiger charge is -2.26. The fourth-order valence-electron chi connectivity index (χ4n) is 2.98. The third-order valence-electron chi connectivity index (χ3n) is 4.43. The Morgan fingerprint density at radius 2 is 1.68 bits per heavy atom. The molecule has 0 N–H and O–H groups in total. The quantitative estimate of drug-likeness (QED) is 0.559. The maximum Gasteiger partial charge on any atom is 0.329 e. The summed E-state index contributed by atoms with van der Waals surface area (Å²) in [5.74, 6) is -1.05. The number of benzene rings is 1. The molecule has 1 aromatic heterocycles. The monoisotopic (exact) mass is 382 g/mol. The van der Waals surface area contributed by atoms with Crippen molar-refractivity contribution in [2.45, 2.75) is 65.4 Å². The number of ether oxygens (including phenoxy) is 1. The molecule has 1 aromatic carbocycles. The predicted octanol–water partition coefficient (Wildman–Crippen LogP) is 4.60. The van der Waals surface area contributed by atoms with Gasteiger partial charge in [0.05, 0.1) is 23.2 Å². The summed E-state index contributed by atoms with van der Waals surface area (Å²) in [5, 5.41) is 9.76. The number of esters is 1. The number of nitrogens with zero attached hydrogens (tertiary/aromatic N) is 4. The average molecular weight is 383 g/mol. The van der Waals surface area contributed by atoms with Crippen LogP contribution in [0.25, 0.3) is 11.0 Å². The molecular weight excluding hydrogens is 352 g/mol. The second-order valence-corrected chi connectivity index (χ2v) is 7.16. The third-order valence-corrected chi connectivity index (χ3v) is 4.43. The van der Waals surface area contributed by atoms with Crippen LogP contribution in [0.4, 0.5) is 5.82 Å². The van der Waals surface area contributed by atoms with Crippen LogP contribution in [0.5, 0.6) is 0 Å². The van der Waals surface area contributed by atoms with Crippen LogP contribution in [0.15, 0.2) is 24.3 Å². The van der Waals surface area contributed by atoms with Crippen molar-refractivity contribution in [3.8, 4) is 6.07 Å². The van der Waals surface area contributed by atoms with E-state index in [1.54, 1.807) is 13.8 Å². The normalized spacial score (nSPS) is 12.0. The highest BCUT2D eigenvalue weighted by atomic mass is 16.5. The molecule has 0 saturated carbocycles. The maximum atomic E-state index is 12.6. The first kappa shape index (κ1) is 21.6. The Hall–Kier alpha value is -2.68. The summed E-state index contributed by atoms with van der Waals surface area (Å²) < 4.78 is 5.32. The maximum absolute atomic E-state index is 12.6. The van der Waals surface area contributed by atoms with Crippen molar-refractivity contribution in [3.63, 3.8) is 0 Å². The van der Waals surface area contributed by atoms with Crippen LogP contribution in [-0.2, 0) is 9.53 Å². The van der Waals surface area contributed by atoms with Crippen molar-refractivity contribution in [1.82, 2.24) is 9.97 Å². The Labute approximate surface area is 167 Å². The van der Waals surface area contributed by atoms with E-state index in [-0.39, 0.29) is 6.10 Å². The van der Waals surface area contributed by atoms with Crippen molar-refractivity contribution in [2.75, 3.05) is 18.0 Å². The molecule has 1 heterocycles. The summed E-state index contributed by atoms with van der Waals surface area (Å²) >= 11 is 0. The zero-order valence-corrected chi connectivity index (χ0v) is 17.3. The molecule has 0 aliphatic carbocycles. The molecule has 150 valence electrons. The SMILES string of the molecule is CCCCN(CCCC)c1nc2ccccc2nc1[C@H](C#N)C(=O)OC(C)C. The first-order valence-electron chi connectivity index (χ1n) is 10.1. The van der Waals surface area contributed by atoms with Crippen LogP contribution in [0.2, 0.25) is 0 Å². The molecule has 2 aromatic rings. The Morgan fingerprint density at radius 1 is 1.11 bits per heavy atom. The van der Waals surface area contributed by atoms with Gasteiger partial charge in [0.25, 0.3) is 0 Å². The number of rotatable bonds is 10. The molecular formula is C22H30N4O2. The van der Waals surface area contributed by atoms with Crippen molar-refractivity contribution < 1.29 is 9.53 Å². The fraction of sp³-hybridized carbons (Fsp3) is 0.545. The number of anilines is 1. The van der Waals surface area contributed by atoms with Gasteiger partial charge in [-0.3, -0.25) is 4.79 Å². The van der Waals surface area contributed by atoms with E-state index in [0.717, 1.165) is 44.3 Å². The van der Waals surface area contributed by atoms with E-state index in [4.69, 9.17) is 9.72 Å². The number of nitriles is 1. The second kappa shape index (κ2) is 10.6.